The van der Waals surface area contributed by atoms with Crippen molar-refractivity contribution in [3.63, 3.8) is 0 Å². The van der Waals surface area contributed by atoms with Crippen LogP contribution in [0.1, 0.15) is 66.7 Å². The van der Waals surface area contributed by atoms with Crippen molar-refractivity contribution in [3.05, 3.63) is 89.0 Å². The summed E-state index contributed by atoms with van der Waals surface area (Å²) in [7, 11) is -3.80. The molecule has 3 aliphatic carbocycles. The van der Waals surface area contributed by atoms with Crippen molar-refractivity contribution in [1.29, 1.82) is 0 Å². The fourth-order valence-electron chi connectivity index (χ4n) is 8.10. The second-order valence-electron chi connectivity index (χ2n) is 12.7. The van der Waals surface area contributed by atoms with Gasteiger partial charge < -0.3 is 19.7 Å². The van der Waals surface area contributed by atoms with Crippen molar-refractivity contribution < 1.29 is 32.3 Å². The molecule has 3 aromatic carbocycles. The van der Waals surface area contributed by atoms with Crippen molar-refractivity contribution in [1.82, 2.24) is 0 Å². The van der Waals surface area contributed by atoms with Gasteiger partial charge in [-0.15, -0.1) is 0 Å². The summed E-state index contributed by atoms with van der Waals surface area (Å²) in [4.78, 5) is 0.133. The maximum Gasteiger partial charge on any atom is 0.297 e. The van der Waals surface area contributed by atoms with Crippen molar-refractivity contribution in [2.24, 2.45) is 17.3 Å². The normalized spacial score (nSPS) is 28.1. The summed E-state index contributed by atoms with van der Waals surface area (Å²) < 4.78 is 41.1. The van der Waals surface area contributed by atoms with E-state index in [1.807, 2.05) is 31.2 Å². The van der Waals surface area contributed by atoms with Gasteiger partial charge in [-0.05, 0) is 121 Å². The molecule has 3 aliphatic rings. The highest BCUT2D eigenvalue weighted by Crippen LogP contribution is 2.65. The molecule has 7 nitrogen and oxygen atoms in total. The highest BCUT2D eigenvalue weighted by Gasteiger charge is 2.57. The lowest BCUT2D eigenvalue weighted by Gasteiger charge is -2.54. The lowest BCUT2D eigenvalue weighted by molar-refractivity contribution is -0.0323. The lowest BCUT2D eigenvalue weighted by atomic mass is 9.51. The quantitative estimate of drug-likeness (QED) is 0.212. The summed E-state index contributed by atoms with van der Waals surface area (Å²) in [6, 6.07) is 20.7. The van der Waals surface area contributed by atoms with E-state index in [0.717, 1.165) is 43.4 Å². The summed E-state index contributed by atoms with van der Waals surface area (Å²) in [5, 5.41) is 21.2. The number of hydrogen-bond donors (Lipinski definition) is 2. The van der Waals surface area contributed by atoms with Crippen LogP contribution in [-0.4, -0.2) is 51.2 Å². The molecule has 6 atom stereocenters. The molecule has 8 heteroatoms. The fourth-order valence-corrected chi connectivity index (χ4v) is 8.99. The highest BCUT2D eigenvalue weighted by molar-refractivity contribution is 7.86. The predicted octanol–water partition coefficient (Wildman–Crippen LogP) is 6.11. The van der Waals surface area contributed by atoms with E-state index in [-0.39, 0.29) is 35.5 Å². The Kier molecular flexibility index (Phi) is 8.57. The molecule has 2 N–H and O–H groups in total. The second kappa shape index (κ2) is 12.2. The van der Waals surface area contributed by atoms with Crippen molar-refractivity contribution in [2.45, 2.75) is 68.8 Å². The molecule has 230 valence electrons. The molecule has 2 saturated carbocycles. The van der Waals surface area contributed by atoms with E-state index in [4.69, 9.17) is 13.7 Å². The summed E-state index contributed by atoms with van der Waals surface area (Å²) in [6.45, 7) is 4.91. The number of benzene rings is 3. The standard InChI is InChI=1S/C35H42O7S/c1-23-3-11-28(12-4-23)43(38,39)42-20-18-40-17-19-41-27-9-5-24(6-10-27)31-22-35(2)32(15-16-33(35)37)30-13-7-25-21-26(36)8-14-29(25)34(30)31/h3-6,8-12,14,21,30-34,36-37H,7,13,15-20,22H2,1-2H3/t30-,31+,32-,33-,34+,35-/m0/s1. The number of rotatable bonds is 10. The monoisotopic (exact) mass is 606 g/mol. The Morgan fingerprint density at radius 2 is 1.65 bits per heavy atom. The summed E-state index contributed by atoms with van der Waals surface area (Å²) in [5.41, 5.74) is 4.76. The molecule has 0 aromatic heterocycles. The Morgan fingerprint density at radius 3 is 2.42 bits per heavy atom. The fraction of sp³-hybridized carbons (Fsp3) is 0.486. The van der Waals surface area contributed by atoms with Crippen molar-refractivity contribution in [2.75, 3.05) is 26.4 Å². The molecule has 0 amide bonds. The van der Waals surface area contributed by atoms with E-state index in [1.165, 1.54) is 28.8 Å². The minimum absolute atomic E-state index is 0.0638. The van der Waals surface area contributed by atoms with Crippen LogP contribution in [0.25, 0.3) is 0 Å². The van der Waals surface area contributed by atoms with Crippen LogP contribution in [0.15, 0.2) is 71.6 Å². The molecule has 0 spiro atoms. The molecule has 0 saturated heterocycles. The topological polar surface area (TPSA) is 102 Å². The zero-order valence-corrected chi connectivity index (χ0v) is 25.8. The second-order valence-corrected chi connectivity index (χ2v) is 14.4. The van der Waals surface area contributed by atoms with E-state index in [0.29, 0.717) is 36.7 Å². The Morgan fingerprint density at radius 1 is 0.907 bits per heavy atom. The van der Waals surface area contributed by atoms with Gasteiger partial charge in [0.15, 0.2) is 0 Å². The number of fused-ring (bicyclic) bond motifs is 5. The number of aryl methyl sites for hydroxylation is 2. The van der Waals surface area contributed by atoms with Gasteiger partial charge >= 0.3 is 0 Å². The van der Waals surface area contributed by atoms with Crippen LogP contribution in [0.5, 0.6) is 11.5 Å². The highest BCUT2D eigenvalue weighted by atomic mass is 32.2. The average molecular weight is 607 g/mol. The molecular weight excluding hydrogens is 564 g/mol. The molecule has 0 bridgehead atoms. The van der Waals surface area contributed by atoms with Crippen LogP contribution in [0.3, 0.4) is 0 Å². The molecule has 0 aliphatic heterocycles. The molecule has 0 radical (unpaired) electrons. The third-order valence-corrected chi connectivity index (χ3v) is 11.6. The number of aromatic hydroxyl groups is 1. The third kappa shape index (κ3) is 6.07. The summed E-state index contributed by atoms with van der Waals surface area (Å²) in [5.74, 6) is 2.75. The molecule has 0 unspecified atom stereocenters. The largest absolute Gasteiger partial charge is 0.508 e. The van der Waals surface area contributed by atoms with E-state index in [9.17, 15) is 18.6 Å². The minimum Gasteiger partial charge on any atom is -0.508 e. The number of aliphatic hydroxyl groups is 1. The van der Waals surface area contributed by atoms with Gasteiger partial charge in [0.05, 0.1) is 30.8 Å². The summed E-state index contributed by atoms with van der Waals surface area (Å²) >= 11 is 0. The zero-order chi connectivity index (χ0) is 30.2. The Balaban J connectivity index is 1.05. The van der Waals surface area contributed by atoms with Crippen LogP contribution in [0.4, 0.5) is 0 Å². The minimum atomic E-state index is -3.80. The first-order chi connectivity index (χ1) is 20.7. The van der Waals surface area contributed by atoms with Crippen molar-refractivity contribution in [3.8, 4) is 11.5 Å². The van der Waals surface area contributed by atoms with Crippen LogP contribution < -0.4 is 4.74 Å². The van der Waals surface area contributed by atoms with Gasteiger partial charge in [-0.3, -0.25) is 4.18 Å². The molecule has 3 aromatic rings. The van der Waals surface area contributed by atoms with E-state index >= 15 is 0 Å². The maximum atomic E-state index is 12.3. The Hall–Kier alpha value is -2.91. The number of hydrogen-bond acceptors (Lipinski definition) is 7. The number of aliphatic hydroxyl groups excluding tert-OH is 1. The third-order valence-electron chi connectivity index (χ3n) is 10.2. The molecule has 43 heavy (non-hydrogen) atoms. The molecular formula is C35H42O7S. The van der Waals surface area contributed by atoms with Gasteiger partial charge in [-0.2, -0.15) is 8.42 Å². The molecule has 6 rings (SSSR count). The van der Waals surface area contributed by atoms with Gasteiger partial charge in [-0.1, -0.05) is 42.8 Å². The first-order valence-corrected chi connectivity index (χ1v) is 16.8. The zero-order valence-electron chi connectivity index (χ0n) is 24.9. The Labute approximate surface area is 254 Å². The van der Waals surface area contributed by atoms with E-state index in [1.54, 1.807) is 12.1 Å². The molecule has 0 heterocycles. The van der Waals surface area contributed by atoms with E-state index in [2.05, 4.69) is 25.1 Å². The van der Waals surface area contributed by atoms with Crippen LogP contribution >= 0.6 is 0 Å². The van der Waals surface area contributed by atoms with Crippen molar-refractivity contribution >= 4 is 10.1 Å². The lowest BCUT2D eigenvalue weighted by Crippen LogP contribution is -2.47. The first kappa shape index (κ1) is 30.1. The van der Waals surface area contributed by atoms with Gasteiger partial charge in [0.1, 0.15) is 18.1 Å². The molecule has 2 fully saturated rings. The maximum absolute atomic E-state index is 12.3. The van der Waals surface area contributed by atoms with Crippen LogP contribution in [0.2, 0.25) is 0 Å². The summed E-state index contributed by atoms with van der Waals surface area (Å²) in [6.07, 6.45) is 4.71. The van der Waals surface area contributed by atoms with Gasteiger partial charge in [0.25, 0.3) is 10.1 Å². The van der Waals surface area contributed by atoms with Crippen LogP contribution in [0, 0.1) is 24.2 Å². The first-order valence-electron chi connectivity index (χ1n) is 15.4. The van der Waals surface area contributed by atoms with Gasteiger partial charge in [0.2, 0.25) is 0 Å². The average Bonchev–Trinajstić information content (AvgIpc) is 3.30. The number of ether oxygens (including phenoxy) is 2. The van der Waals surface area contributed by atoms with E-state index < -0.39 is 10.1 Å². The van der Waals surface area contributed by atoms with Gasteiger partial charge in [0, 0.05) is 0 Å². The smallest absolute Gasteiger partial charge is 0.297 e. The predicted molar refractivity (Wildman–Crippen MR) is 164 cm³/mol. The van der Waals surface area contributed by atoms with Crippen LogP contribution in [-0.2, 0) is 25.5 Å². The number of phenolic OH excluding ortho intramolecular Hbond substituents is 1. The van der Waals surface area contributed by atoms with Gasteiger partial charge in [-0.25, -0.2) is 0 Å². The SMILES string of the molecule is Cc1ccc(S(=O)(=O)OCCOCCOc2ccc([C@H]3C[C@]4(C)[C@@H](O)CC[C@H]4[C@@H]4CCc5cc(O)ccc5[C@H]43)cc2)cc1. The number of phenols is 1. The Bertz CT molecular complexity index is 1520.